The van der Waals surface area contributed by atoms with Gasteiger partial charge in [-0.1, -0.05) is 29.4 Å². The Labute approximate surface area is 147 Å². The third kappa shape index (κ3) is 2.88. The summed E-state index contributed by atoms with van der Waals surface area (Å²) in [6, 6.07) is 13.2. The molecule has 0 unspecified atom stereocenters. The van der Waals surface area contributed by atoms with Crippen molar-refractivity contribution in [3.05, 3.63) is 53.1 Å². The first kappa shape index (κ1) is 15.2. The number of nitrogen functional groups attached to an aromatic ring is 1. The summed E-state index contributed by atoms with van der Waals surface area (Å²) >= 11 is 7.41. The molecule has 0 radical (unpaired) electrons. The van der Waals surface area contributed by atoms with Gasteiger partial charge in [-0.15, -0.1) is 10.2 Å². The summed E-state index contributed by atoms with van der Waals surface area (Å²) in [5.74, 6) is 8.96. The molecule has 24 heavy (non-hydrogen) atoms. The van der Waals surface area contributed by atoms with E-state index in [9.17, 15) is 0 Å². The Kier molecular flexibility index (Phi) is 3.95. The molecule has 4 rings (SSSR count). The van der Waals surface area contributed by atoms with Crippen molar-refractivity contribution < 1.29 is 9.47 Å². The maximum Gasteiger partial charge on any atom is 0.231 e. The zero-order chi connectivity index (χ0) is 16.5. The van der Waals surface area contributed by atoms with Gasteiger partial charge in [-0.3, -0.25) is 0 Å². The number of rotatable bonds is 4. The number of nitrogens with two attached hydrogens (primary N) is 1. The number of ether oxygens (including phenoxy) is 2. The molecule has 0 atom stereocenters. The SMILES string of the molecule is Nn1c(SCc2ccc3c(c2)OCO3)nnc1-c1ccc(Cl)cc1. The maximum atomic E-state index is 6.12. The van der Waals surface area contributed by atoms with Gasteiger partial charge in [0.1, 0.15) is 0 Å². The lowest BCUT2D eigenvalue weighted by Crippen LogP contribution is -2.11. The maximum absolute atomic E-state index is 6.12. The van der Waals surface area contributed by atoms with Crippen LogP contribution < -0.4 is 15.3 Å². The Hall–Kier alpha value is -2.38. The van der Waals surface area contributed by atoms with Crippen molar-refractivity contribution in [3.8, 4) is 22.9 Å². The van der Waals surface area contributed by atoms with Crippen molar-refractivity contribution in [1.82, 2.24) is 14.9 Å². The van der Waals surface area contributed by atoms with Crippen molar-refractivity contribution >= 4 is 23.4 Å². The third-order valence-electron chi connectivity index (χ3n) is 3.57. The quantitative estimate of drug-likeness (QED) is 0.568. The van der Waals surface area contributed by atoms with E-state index in [-0.39, 0.29) is 6.79 Å². The second-order valence-corrected chi connectivity index (χ2v) is 6.54. The normalized spacial score (nSPS) is 12.5. The van der Waals surface area contributed by atoms with Gasteiger partial charge in [-0.05, 0) is 42.0 Å². The van der Waals surface area contributed by atoms with E-state index in [0.717, 1.165) is 22.6 Å². The number of halogens is 1. The number of benzene rings is 2. The van der Waals surface area contributed by atoms with Crippen LogP contribution in [0.1, 0.15) is 5.56 Å². The van der Waals surface area contributed by atoms with Gasteiger partial charge in [0.15, 0.2) is 17.3 Å². The summed E-state index contributed by atoms with van der Waals surface area (Å²) < 4.78 is 12.2. The van der Waals surface area contributed by atoms with Gasteiger partial charge in [-0.2, -0.15) is 0 Å². The fourth-order valence-electron chi connectivity index (χ4n) is 2.35. The number of aromatic nitrogens is 3. The molecule has 0 spiro atoms. The zero-order valence-corrected chi connectivity index (χ0v) is 14.0. The molecule has 6 nitrogen and oxygen atoms in total. The summed E-state index contributed by atoms with van der Waals surface area (Å²) in [5.41, 5.74) is 1.96. The molecule has 1 aromatic heterocycles. The standard InChI is InChI=1S/C16H13ClN4O2S/c17-12-4-2-11(3-5-12)15-19-20-16(21(15)18)24-8-10-1-6-13-14(7-10)23-9-22-13/h1-7H,8-9,18H2. The lowest BCUT2D eigenvalue weighted by Gasteiger charge is -2.05. The van der Waals surface area contributed by atoms with E-state index in [2.05, 4.69) is 10.2 Å². The number of nitrogens with zero attached hydrogens (tertiary/aromatic N) is 3. The van der Waals surface area contributed by atoms with Crippen LogP contribution in [0.15, 0.2) is 47.6 Å². The second-order valence-electron chi connectivity index (χ2n) is 5.16. The molecule has 1 aliphatic heterocycles. The van der Waals surface area contributed by atoms with Crippen LogP contribution in [0.3, 0.4) is 0 Å². The van der Waals surface area contributed by atoms with Crippen molar-refractivity contribution in [2.24, 2.45) is 0 Å². The van der Waals surface area contributed by atoms with Crippen molar-refractivity contribution in [3.63, 3.8) is 0 Å². The average Bonchev–Trinajstić information content (AvgIpc) is 3.20. The number of fused-ring (bicyclic) bond motifs is 1. The van der Waals surface area contributed by atoms with Crippen LogP contribution in [0.4, 0.5) is 0 Å². The molecule has 1 aliphatic rings. The molecule has 0 fully saturated rings. The monoisotopic (exact) mass is 360 g/mol. The van der Waals surface area contributed by atoms with E-state index in [1.165, 1.54) is 16.4 Å². The predicted octanol–water partition coefficient (Wildman–Crippen LogP) is 3.33. The Bertz CT molecular complexity index is 882. The van der Waals surface area contributed by atoms with E-state index >= 15 is 0 Å². The van der Waals surface area contributed by atoms with Gasteiger partial charge in [0, 0.05) is 16.3 Å². The number of thioether (sulfide) groups is 1. The summed E-state index contributed by atoms with van der Waals surface area (Å²) in [6.07, 6.45) is 0. The first-order valence-electron chi connectivity index (χ1n) is 7.18. The van der Waals surface area contributed by atoms with Gasteiger partial charge >= 0.3 is 0 Å². The Balaban J connectivity index is 1.50. The predicted molar refractivity (Wildman–Crippen MR) is 92.7 cm³/mol. The Morgan fingerprint density at radius 2 is 1.88 bits per heavy atom. The molecule has 0 amide bonds. The molecule has 0 saturated heterocycles. The Morgan fingerprint density at radius 3 is 2.71 bits per heavy atom. The van der Waals surface area contributed by atoms with Crippen LogP contribution in [0.25, 0.3) is 11.4 Å². The largest absolute Gasteiger partial charge is 0.454 e. The highest BCUT2D eigenvalue weighted by molar-refractivity contribution is 7.98. The fourth-order valence-corrected chi connectivity index (χ4v) is 3.28. The fraction of sp³-hybridized carbons (Fsp3) is 0.125. The summed E-state index contributed by atoms with van der Waals surface area (Å²) in [6.45, 7) is 0.271. The summed E-state index contributed by atoms with van der Waals surface area (Å²) in [7, 11) is 0. The smallest absolute Gasteiger partial charge is 0.231 e. The van der Waals surface area contributed by atoms with Gasteiger partial charge in [-0.25, -0.2) is 4.68 Å². The van der Waals surface area contributed by atoms with Gasteiger partial charge < -0.3 is 15.3 Å². The average molecular weight is 361 g/mol. The highest BCUT2D eigenvalue weighted by Gasteiger charge is 2.15. The highest BCUT2D eigenvalue weighted by Crippen LogP contribution is 2.34. The lowest BCUT2D eigenvalue weighted by molar-refractivity contribution is 0.174. The van der Waals surface area contributed by atoms with E-state index in [4.69, 9.17) is 26.9 Å². The molecule has 0 saturated carbocycles. The van der Waals surface area contributed by atoms with Crippen molar-refractivity contribution in [1.29, 1.82) is 0 Å². The third-order valence-corrected chi connectivity index (χ3v) is 4.84. The Morgan fingerprint density at radius 1 is 1.08 bits per heavy atom. The van der Waals surface area contributed by atoms with Crippen LogP contribution in [-0.4, -0.2) is 21.7 Å². The molecule has 0 bridgehead atoms. The van der Waals surface area contributed by atoms with Crippen molar-refractivity contribution in [2.45, 2.75) is 10.9 Å². The molecular formula is C16H13ClN4O2S. The van der Waals surface area contributed by atoms with E-state index in [0.29, 0.717) is 21.8 Å². The number of hydrogen-bond acceptors (Lipinski definition) is 6. The first-order chi connectivity index (χ1) is 11.7. The van der Waals surface area contributed by atoms with Crippen LogP contribution in [-0.2, 0) is 5.75 Å². The molecule has 3 aromatic rings. The number of hydrogen-bond donors (Lipinski definition) is 1. The molecule has 2 N–H and O–H groups in total. The summed E-state index contributed by atoms with van der Waals surface area (Å²) in [5, 5.41) is 9.63. The van der Waals surface area contributed by atoms with Crippen LogP contribution in [0.2, 0.25) is 5.02 Å². The molecule has 8 heteroatoms. The second kappa shape index (κ2) is 6.26. The molecular weight excluding hydrogens is 348 g/mol. The van der Waals surface area contributed by atoms with Gasteiger partial charge in [0.25, 0.3) is 0 Å². The first-order valence-corrected chi connectivity index (χ1v) is 8.55. The highest BCUT2D eigenvalue weighted by atomic mass is 35.5. The topological polar surface area (TPSA) is 75.2 Å². The zero-order valence-electron chi connectivity index (χ0n) is 12.5. The van der Waals surface area contributed by atoms with E-state index < -0.39 is 0 Å². The lowest BCUT2D eigenvalue weighted by atomic mass is 10.2. The molecule has 0 aliphatic carbocycles. The van der Waals surface area contributed by atoms with Crippen LogP contribution >= 0.6 is 23.4 Å². The van der Waals surface area contributed by atoms with Crippen molar-refractivity contribution in [2.75, 3.05) is 12.6 Å². The minimum Gasteiger partial charge on any atom is -0.454 e. The molecule has 122 valence electrons. The minimum atomic E-state index is 0.271. The molecule has 2 heterocycles. The summed E-state index contributed by atoms with van der Waals surface area (Å²) in [4.78, 5) is 0. The minimum absolute atomic E-state index is 0.271. The van der Waals surface area contributed by atoms with Crippen LogP contribution in [0.5, 0.6) is 11.5 Å². The van der Waals surface area contributed by atoms with Gasteiger partial charge in [0.2, 0.25) is 11.9 Å². The molecule has 2 aromatic carbocycles. The van der Waals surface area contributed by atoms with Crippen LogP contribution in [0, 0.1) is 0 Å². The van der Waals surface area contributed by atoms with E-state index in [1.807, 2.05) is 30.3 Å². The van der Waals surface area contributed by atoms with Gasteiger partial charge in [0.05, 0.1) is 0 Å². The van der Waals surface area contributed by atoms with E-state index in [1.54, 1.807) is 12.1 Å².